The first-order valence-electron chi connectivity index (χ1n) is 5.64. The van der Waals surface area contributed by atoms with Gasteiger partial charge in [0.2, 0.25) is 5.16 Å². The molecule has 3 aromatic rings. The van der Waals surface area contributed by atoms with Gasteiger partial charge in [0.1, 0.15) is 0 Å². The molecule has 0 radical (unpaired) electrons. The van der Waals surface area contributed by atoms with Gasteiger partial charge in [0.15, 0.2) is 5.65 Å². The van der Waals surface area contributed by atoms with E-state index >= 15 is 0 Å². The minimum Gasteiger partial charge on any atom is -0.264 e. The average Bonchev–Trinajstić information content (AvgIpc) is 2.83. The molecule has 5 nitrogen and oxygen atoms in total. The molecule has 0 fully saturated rings. The van der Waals surface area contributed by atoms with Gasteiger partial charge in [0.25, 0.3) is 0 Å². The first kappa shape index (κ1) is 11.2. The molecule has 0 bridgehead atoms. The zero-order valence-electron chi connectivity index (χ0n) is 9.82. The van der Waals surface area contributed by atoms with Gasteiger partial charge < -0.3 is 0 Å². The van der Waals surface area contributed by atoms with Crippen LogP contribution in [0.3, 0.4) is 0 Å². The highest BCUT2D eigenvalue weighted by atomic mass is 32.2. The number of rotatable bonds is 3. The Morgan fingerprint density at radius 2 is 2.17 bits per heavy atom. The maximum absolute atomic E-state index is 4.55. The van der Waals surface area contributed by atoms with E-state index in [0.717, 1.165) is 27.8 Å². The van der Waals surface area contributed by atoms with E-state index in [1.807, 2.05) is 24.3 Å². The topological polar surface area (TPSA) is 56.0 Å². The molecule has 3 rings (SSSR count). The van der Waals surface area contributed by atoms with Crippen molar-refractivity contribution in [1.29, 1.82) is 0 Å². The van der Waals surface area contributed by atoms with E-state index in [-0.39, 0.29) is 0 Å². The van der Waals surface area contributed by atoms with Crippen molar-refractivity contribution in [2.75, 3.05) is 5.75 Å². The van der Waals surface area contributed by atoms with E-state index in [9.17, 15) is 0 Å². The Morgan fingerprint density at radius 1 is 1.22 bits per heavy atom. The fourth-order valence-corrected chi connectivity index (χ4v) is 2.27. The fraction of sp³-hybridized carbons (Fsp3) is 0.167. The normalized spacial score (nSPS) is 10.9. The Morgan fingerprint density at radius 3 is 2.94 bits per heavy atom. The van der Waals surface area contributed by atoms with E-state index in [1.165, 1.54) is 0 Å². The summed E-state index contributed by atoms with van der Waals surface area (Å²) >= 11 is 1.63. The number of pyridine rings is 1. The summed E-state index contributed by atoms with van der Waals surface area (Å²) in [6.07, 6.45) is 3.55. The van der Waals surface area contributed by atoms with E-state index < -0.39 is 0 Å². The highest BCUT2D eigenvalue weighted by Crippen LogP contribution is 2.19. The first-order chi connectivity index (χ1) is 8.88. The molecule has 0 unspecified atom stereocenters. The fourth-order valence-electron chi connectivity index (χ4n) is 1.66. The van der Waals surface area contributed by atoms with Crippen LogP contribution in [0.2, 0.25) is 0 Å². The van der Waals surface area contributed by atoms with Crippen molar-refractivity contribution in [1.82, 2.24) is 24.8 Å². The summed E-state index contributed by atoms with van der Waals surface area (Å²) in [6, 6.07) is 7.73. The molecule has 0 saturated heterocycles. The standard InChI is InChI=1S/C12H11N5S/c1-2-18-12-15-14-11-6-5-10(16-17(11)12)9-4-3-7-13-8-9/h3-8H,2H2,1H3. The van der Waals surface area contributed by atoms with E-state index in [4.69, 9.17) is 0 Å². The van der Waals surface area contributed by atoms with Crippen molar-refractivity contribution in [3.8, 4) is 11.3 Å². The molecule has 0 aliphatic heterocycles. The zero-order chi connectivity index (χ0) is 12.4. The van der Waals surface area contributed by atoms with E-state index in [2.05, 4.69) is 27.2 Å². The molecule has 0 aromatic carbocycles. The quantitative estimate of drug-likeness (QED) is 0.674. The maximum atomic E-state index is 4.55. The predicted molar refractivity (Wildman–Crippen MR) is 70.4 cm³/mol. The molecule has 3 aromatic heterocycles. The number of hydrogen-bond acceptors (Lipinski definition) is 5. The summed E-state index contributed by atoms with van der Waals surface area (Å²) in [4.78, 5) is 4.10. The lowest BCUT2D eigenvalue weighted by molar-refractivity contribution is 0.813. The first-order valence-corrected chi connectivity index (χ1v) is 6.62. The van der Waals surface area contributed by atoms with Gasteiger partial charge in [0, 0.05) is 18.0 Å². The van der Waals surface area contributed by atoms with Gasteiger partial charge in [-0.15, -0.1) is 10.2 Å². The number of thioether (sulfide) groups is 1. The average molecular weight is 257 g/mol. The highest BCUT2D eigenvalue weighted by Gasteiger charge is 2.08. The number of nitrogens with zero attached hydrogens (tertiary/aromatic N) is 5. The number of fused-ring (bicyclic) bond motifs is 1. The molecule has 3 heterocycles. The molecule has 0 atom stereocenters. The van der Waals surface area contributed by atoms with Crippen molar-refractivity contribution in [3.05, 3.63) is 36.7 Å². The van der Waals surface area contributed by atoms with Crippen LogP contribution in [-0.2, 0) is 0 Å². The summed E-state index contributed by atoms with van der Waals surface area (Å²) in [6.45, 7) is 2.08. The van der Waals surface area contributed by atoms with Crippen LogP contribution in [0, 0.1) is 0 Å². The van der Waals surface area contributed by atoms with Crippen LogP contribution in [0.25, 0.3) is 16.9 Å². The van der Waals surface area contributed by atoms with Crippen molar-refractivity contribution in [3.63, 3.8) is 0 Å². The van der Waals surface area contributed by atoms with Crippen molar-refractivity contribution in [2.45, 2.75) is 12.1 Å². The van der Waals surface area contributed by atoms with Crippen LogP contribution in [0.1, 0.15) is 6.92 Å². The largest absolute Gasteiger partial charge is 0.264 e. The summed E-state index contributed by atoms with van der Waals surface area (Å²) in [5.41, 5.74) is 2.62. The molecule has 90 valence electrons. The molecule has 0 aliphatic rings. The number of aromatic nitrogens is 5. The van der Waals surface area contributed by atoms with Crippen LogP contribution in [0.5, 0.6) is 0 Å². The van der Waals surface area contributed by atoms with Crippen LogP contribution in [-0.4, -0.2) is 30.5 Å². The summed E-state index contributed by atoms with van der Waals surface area (Å²) in [5.74, 6) is 0.944. The zero-order valence-corrected chi connectivity index (χ0v) is 10.6. The molecular weight excluding hydrogens is 246 g/mol. The second-order valence-electron chi connectivity index (χ2n) is 3.65. The Hall–Kier alpha value is -1.95. The molecular formula is C12H11N5S. The third-order valence-corrected chi connectivity index (χ3v) is 3.27. The summed E-state index contributed by atoms with van der Waals surface area (Å²) < 4.78 is 1.77. The van der Waals surface area contributed by atoms with Gasteiger partial charge in [-0.1, -0.05) is 18.7 Å². The van der Waals surface area contributed by atoms with Crippen molar-refractivity contribution < 1.29 is 0 Å². The Balaban J connectivity index is 2.12. The summed E-state index contributed by atoms with van der Waals surface area (Å²) in [5, 5.41) is 13.6. The van der Waals surface area contributed by atoms with Crippen LogP contribution >= 0.6 is 11.8 Å². The Kier molecular flexibility index (Phi) is 2.93. The van der Waals surface area contributed by atoms with Gasteiger partial charge >= 0.3 is 0 Å². The molecule has 18 heavy (non-hydrogen) atoms. The third-order valence-electron chi connectivity index (χ3n) is 2.46. The molecule has 6 heteroatoms. The lowest BCUT2D eigenvalue weighted by Crippen LogP contribution is -1.96. The molecule has 0 saturated carbocycles. The van der Waals surface area contributed by atoms with Gasteiger partial charge in [0.05, 0.1) is 5.69 Å². The monoisotopic (exact) mass is 257 g/mol. The van der Waals surface area contributed by atoms with Crippen LogP contribution in [0.15, 0.2) is 41.8 Å². The molecule has 0 N–H and O–H groups in total. The SMILES string of the molecule is CCSc1nnc2ccc(-c3cccnc3)nn12. The molecule has 0 aliphatic carbocycles. The Labute approximate surface area is 108 Å². The lowest BCUT2D eigenvalue weighted by Gasteiger charge is -2.01. The highest BCUT2D eigenvalue weighted by molar-refractivity contribution is 7.99. The second kappa shape index (κ2) is 4.73. The van der Waals surface area contributed by atoms with Crippen LogP contribution < -0.4 is 0 Å². The second-order valence-corrected chi connectivity index (χ2v) is 4.88. The number of hydrogen-bond donors (Lipinski definition) is 0. The minimum absolute atomic E-state index is 0.763. The predicted octanol–water partition coefficient (Wildman–Crippen LogP) is 2.30. The smallest absolute Gasteiger partial charge is 0.212 e. The molecule has 0 spiro atoms. The summed E-state index contributed by atoms with van der Waals surface area (Å²) in [7, 11) is 0. The van der Waals surface area contributed by atoms with Crippen molar-refractivity contribution in [2.24, 2.45) is 0 Å². The van der Waals surface area contributed by atoms with Crippen LogP contribution in [0.4, 0.5) is 0 Å². The van der Waals surface area contributed by atoms with E-state index in [1.54, 1.807) is 28.7 Å². The molecule has 0 amide bonds. The lowest BCUT2D eigenvalue weighted by atomic mass is 10.2. The Bertz CT molecular complexity index is 665. The van der Waals surface area contributed by atoms with Gasteiger partial charge in [-0.25, -0.2) is 0 Å². The third kappa shape index (κ3) is 1.95. The minimum atomic E-state index is 0.763. The van der Waals surface area contributed by atoms with Gasteiger partial charge in [-0.2, -0.15) is 9.61 Å². The van der Waals surface area contributed by atoms with Crippen molar-refractivity contribution >= 4 is 17.4 Å². The van der Waals surface area contributed by atoms with E-state index in [0.29, 0.717) is 0 Å². The van der Waals surface area contributed by atoms with Gasteiger partial charge in [-0.05, 0) is 30.0 Å². The maximum Gasteiger partial charge on any atom is 0.212 e. The van der Waals surface area contributed by atoms with Gasteiger partial charge in [-0.3, -0.25) is 4.98 Å².